The Morgan fingerprint density at radius 2 is 1.86 bits per heavy atom. The minimum absolute atomic E-state index is 0.0438. The summed E-state index contributed by atoms with van der Waals surface area (Å²) >= 11 is 0. The SMILES string of the molecule is COCC(C)n1ccnc1Nc1c(F)c(F)cc(F)c1F. The number of ether oxygens (including phenoxy) is 1. The lowest BCUT2D eigenvalue weighted by Crippen LogP contribution is -2.14. The van der Waals surface area contributed by atoms with Crippen LogP contribution in [0, 0.1) is 23.3 Å². The molecule has 0 aliphatic heterocycles. The summed E-state index contributed by atoms with van der Waals surface area (Å²) < 4.78 is 60.0. The highest BCUT2D eigenvalue weighted by atomic mass is 19.2. The number of hydrogen-bond donors (Lipinski definition) is 1. The van der Waals surface area contributed by atoms with Crippen molar-refractivity contribution in [2.45, 2.75) is 13.0 Å². The molecule has 0 saturated carbocycles. The topological polar surface area (TPSA) is 39.1 Å². The maximum atomic E-state index is 13.6. The van der Waals surface area contributed by atoms with E-state index in [2.05, 4.69) is 10.3 Å². The first-order valence-corrected chi connectivity index (χ1v) is 6.07. The fourth-order valence-corrected chi connectivity index (χ4v) is 1.88. The summed E-state index contributed by atoms with van der Waals surface area (Å²) in [6, 6.07) is -0.0416. The zero-order valence-electron chi connectivity index (χ0n) is 11.3. The lowest BCUT2D eigenvalue weighted by Gasteiger charge is -2.16. The zero-order valence-corrected chi connectivity index (χ0v) is 11.3. The molecule has 1 aromatic heterocycles. The first-order chi connectivity index (χ1) is 9.95. The molecule has 0 bridgehead atoms. The molecule has 8 heteroatoms. The van der Waals surface area contributed by atoms with Gasteiger partial charge in [-0.3, -0.25) is 0 Å². The van der Waals surface area contributed by atoms with Gasteiger partial charge in [0.05, 0.1) is 12.6 Å². The Bertz CT molecular complexity index is 618. The number of nitrogens with zero attached hydrogens (tertiary/aromatic N) is 2. The number of benzene rings is 1. The molecule has 1 unspecified atom stereocenters. The molecular weight excluding hydrogens is 290 g/mol. The monoisotopic (exact) mass is 303 g/mol. The van der Waals surface area contributed by atoms with Gasteiger partial charge in [-0.15, -0.1) is 0 Å². The molecule has 0 spiro atoms. The minimum atomic E-state index is -1.51. The van der Waals surface area contributed by atoms with Gasteiger partial charge in [0.15, 0.2) is 23.3 Å². The molecule has 1 aromatic carbocycles. The highest BCUT2D eigenvalue weighted by molar-refractivity contribution is 5.56. The van der Waals surface area contributed by atoms with Crippen LogP contribution in [0.3, 0.4) is 0 Å². The number of nitrogens with one attached hydrogen (secondary N) is 1. The van der Waals surface area contributed by atoms with Crippen LogP contribution in [0.4, 0.5) is 29.2 Å². The van der Waals surface area contributed by atoms with Gasteiger partial charge in [0.1, 0.15) is 5.69 Å². The van der Waals surface area contributed by atoms with Gasteiger partial charge in [0, 0.05) is 25.6 Å². The summed E-state index contributed by atoms with van der Waals surface area (Å²) in [4.78, 5) is 3.87. The maximum Gasteiger partial charge on any atom is 0.207 e. The Morgan fingerprint density at radius 3 is 2.43 bits per heavy atom. The summed E-state index contributed by atoms with van der Waals surface area (Å²) in [6.07, 6.45) is 2.94. The van der Waals surface area contributed by atoms with Crippen molar-refractivity contribution in [1.29, 1.82) is 0 Å². The second-order valence-electron chi connectivity index (χ2n) is 4.43. The number of halogens is 4. The lowest BCUT2D eigenvalue weighted by atomic mass is 10.2. The van der Waals surface area contributed by atoms with Crippen LogP contribution in [0.5, 0.6) is 0 Å². The molecule has 0 aliphatic carbocycles. The number of methoxy groups -OCH3 is 1. The summed E-state index contributed by atoms with van der Waals surface area (Å²) in [6.45, 7) is 2.11. The normalized spacial score (nSPS) is 12.5. The molecule has 1 atom stereocenters. The molecule has 0 saturated heterocycles. The van der Waals surface area contributed by atoms with Gasteiger partial charge in [-0.05, 0) is 6.92 Å². The van der Waals surface area contributed by atoms with E-state index in [4.69, 9.17) is 4.74 Å². The van der Waals surface area contributed by atoms with Crippen molar-refractivity contribution in [2.24, 2.45) is 0 Å². The van der Waals surface area contributed by atoms with Crippen molar-refractivity contribution in [2.75, 3.05) is 19.0 Å². The van der Waals surface area contributed by atoms with E-state index >= 15 is 0 Å². The fraction of sp³-hybridized carbons (Fsp3) is 0.308. The van der Waals surface area contributed by atoms with E-state index in [0.29, 0.717) is 6.61 Å². The van der Waals surface area contributed by atoms with Crippen molar-refractivity contribution in [3.05, 3.63) is 41.7 Å². The molecule has 0 amide bonds. The van der Waals surface area contributed by atoms with Crippen LogP contribution in [0.2, 0.25) is 0 Å². The summed E-state index contributed by atoms with van der Waals surface area (Å²) in [5.74, 6) is -5.95. The molecule has 1 heterocycles. The van der Waals surface area contributed by atoms with Crippen LogP contribution in [-0.2, 0) is 4.74 Å². The molecule has 2 aromatic rings. The molecule has 0 aliphatic rings. The summed E-state index contributed by atoms with van der Waals surface area (Å²) in [7, 11) is 1.50. The average molecular weight is 303 g/mol. The van der Waals surface area contributed by atoms with Crippen molar-refractivity contribution in [1.82, 2.24) is 9.55 Å². The Hall–Kier alpha value is -2.09. The van der Waals surface area contributed by atoms with Crippen LogP contribution in [0.15, 0.2) is 18.5 Å². The third-order valence-electron chi connectivity index (χ3n) is 2.90. The largest absolute Gasteiger partial charge is 0.383 e. The van der Waals surface area contributed by atoms with Crippen LogP contribution in [0.25, 0.3) is 0 Å². The Balaban J connectivity index is 2.38. The Labute approximate surface area is 118 Å². The fourth-order valence-electron chi connectivity index (χ4n) is 1.88. The summed E-state index contributed by atoms with van der Waals surface area (Å²) in [5.41, 5.74) is -0.926. The first kappa shape index (κ1) is 15.3. The van der Waals surface area contributed by atoms with Gasteiger partial charge >= 0.3 is 0 Å². The third kappa shape index (κ3) is 2.99. The van der Waals surface area contributed by atoms with Gasteiger partial charge in [-0.2, -0.15) is 0 Å². The number of anilines is 2. The Kier molecular flexibility index (Phi) is 4.46. The summed E-state index contributed by atoms with van der Waals surface area (Å²) in [5, 5.41) is 2.28. The van der Waals surface area contributed by atoms with Gasteiger partial charge in [-0.25, -0.2) is 22.5 Å². The van der Waals surface area contributed by atoms with Gasteiger partial charge in [0.2, 0.25) is 5.95 Å². The number of rotatable bonds is 5. The van der Waals surface area contributed by atoms with Crippen molar-refractivity contribution in [3.63, 3.8) is 0 Å². The van der Waals surface area contributed by atoms with E-state index in [1.807, 2.05) is 0 Å². The van der Waals surface area contributed by atoms with Crippen molar-refractivity contribution >= 4 is 11.6 Å². The maximum absolute atomic E-state index is 13.6. The number of hydrogen-bond acceptors (Lipinski definition) is 3. The molecule has 1 N–H and O–H groups in total. The van der Waals surface area contributed by atoms with E-state index in [9.17, 15) is 17.6 Å². The van der Waals surface area contributed by atoms with Crippen molar-refractivity contribution < 1.29 is 22.3 Å². The van der Waals surface area contributed by atoms with Gasteiger partial charge < -0.3 is 14.6 Å². The highest BCUT2D eigenvalue weighted by Crippen LogP contribution is 2.27. The second-order valence-corrected chi connectivity index (χ2v) is 4.43. The first-order valence-electron chi connectivity index (χ1n) is 6.07. The van der Waals surface area contributed by atoms with Crippen LogP contribution >= 0.6 is 0 Å². The molecule has 21 heavy (non-hydrogen) atoms. The minimum Gasteiger partial charge on any atom is -0.383 e. The van der Waals surface area contributed by atoms with Crippen LogP contribution < -0.4 is 5.32 Å². The van der Waals surface area contributed by atoms with E-state index < -0.39 is 29.0 Å². The molecular formula is C13H13F4N3O. The van der Waals surface area contributed by atoms with E-state index in [-0.39, 0.29) is 18.1 Å². The standard InChI is InChI=1S/C13H13F4N3O/c1-7(6-21-2)20-4-3-18-13(20)19-12-10(16)8(14)5-9(15)11(12)17/h3-5,7H,6H2,1-2H3,(H,18,19). The second kappa shape index (κ2) is 6.13. The van der Waals surface area contributed by atoms with Gasteiger partial charge in [-0.1, -0.05) is 0 Å². The zero-order chi connectivity index (χ0) is 15.6. The van der Waals surface area contributed by atoms with Crippen LogP contribution in [0.1, 0.15) is 13.0 Å². The highest BCUT2D eigenvalue weighted by Gasteiger charge is 2.21. The average Bonchev–Trinajstić information content (AvgIpc) is 2.90. The molecule has 4 nitrogen and oxygen atoms in total. The van der Waals surface area contributed by atoms with Gasteiger partial charge in [0.25, 0.3) is 0 Å². The molecule has 0 fully saturated rings. The predicted molar refractivity (Wildman–Crippen MR) is 68.4 cm³/mol. The third-order valence-corrected chi connectivity index (χ3v) is 2.90. The van der Waals surface area contributed by atoms with E-state index in [1.54, 1.807) is 13.1 Å². The molecule has 114 valence electrons. The number of aromatic nitrogens is 2. The quantitative estimate of drug-likeness (QED) is 0.680. The van der Waals surface area contributed by atoms with E-state index in [1.165, 1.54) is 17.9 Å². The Morgan fingerprint density at radius 1 is 1.24 bits per heavy atom. The molecule has 2 rings (SSSR count). The van der Waals surface area contributed by atoms with Crippen molar-refractivity contribution in [3.8, 4) is 0 Å². The smallest absolute Gasteiger partial charge is 0.207 e. The number of imidazole rings is 1. The van der Waals surface area contributed by atoms with Crippen LogP contribution in [-0.4, -0.2) is 23.3 Å². The lowest BCUT2D eigenvalue weighted by molar-refractivity contribution is 0.163. The van der Waals surface area contributed by atoms with E-state index in [0.717, 1.165) is 0 Å². The molecule has 0 radical (unpaired) electrons. The predicted octanol–water partition coefficient (Wildman–Crippen LogP) is 3.39.